The summed E-state index contributed by atoms with van der Waals surface area (Å²) in [6, 6.07) is 18.6. The van der Waals surface area contributed by atoms with Crippen molar-refractivity contribution in [2.24, 2.45) is 5.73 Å². The Morgan fingerprint density at radius 1 is 1.14 bits per heavy atom. The standard InChI is InChI=1S/C18H18N2O/c19-17(21)18-12-20(10-13-6-2-1-3-7-13)11-16(18)14-8-4-5-9-15(14)18/h1-9,16H,10-12H2,(H2,19,21)/t16-,18-/m0/s1. The molecular formula is C18H18N2O. The van der Waals surface area contributed by atoms with Crippen LogP contribution in [0.5, 0.6) is 0 Å². The second-order valence-corrected chi connectivity index (χ2v) is 6.13. The molecule has 4 rings (SSSR count). The van der Waals surface area contributed by atoms with Crippen LogP contribution in [0.3, 0.4) is 0 Å². The van der Waals surface area contributed by atoms with Gasteiger partial charge in [-0.25, -0.2) is 0 Å². The monoisotopic (exact) mass is 278 g/mol. The Morgan fingerprint density at radius 2 is 1.86 bits per heavy atom. The summed E-state index contributed by atoms with van der Waals surface area (Å²) in [7, 11) is 0. The number of carbonyl (C=O) groups excluding carboxylic acids is 1. The normalized spacial score (nSPS) is 26.8. The van der Waals surface area contributed by atoms with Crippen LogP contribution in [0.1, 0.15) is 22.6 Å². The van der Waals surface area contributed by atoms with Gasteiger partial charge in [0.25, 0.3) is 0 Å². The average Bonchev–Trinajstić information content (AvgIpc) is 2.82. The third-order valence-corrected chi connectivity index (χ3v) is 5.01. The van der Waals surface area contributed by atoms with Crippen LogP contribution in [0.4, 0.5) is 0 Å². The van der Waals surface area contributed by atoms with Crippen molar-refractivity contribution in [1.29, 1.82) is 0 Å². The molecule has 2 atom stereocenters. The van der Waals surface area contributed by atoms with Crippen molar-refractivity contribution in [2.45, 2.75) is 17.9 Å². The maximum absolute atomic E-state index is 12.1. The number of carbonyl (C=O) groups is 1. The number of primary amides is 1. The van der Waals surface area contributed by atoms with E-state index in [0.717, 1.165) is 25.2 Å². The molecule has 1 saturated heterocycles. The minimum atomic E-state index is -0.467. The van der Waals surface area contributed by atoms with E-state index in [-0.39, 0.29) is 11.8 Å². The van der Waals surface area contributed by atoms with E-state index >= 15 is 0 Å². The van der Waals surface area contributed by atoms with Gasteiger partial charge in [0.15, 0.2) is 0 Å². The van der Waals surface area contributed by atoms with Gasteiger partial charge in [0.05, 0.1) is 5.41 Å². The molecule has 0 radical (unpaired) electrons. The van der Waals surface area contributed by atoms with Crippen LogP contribution in [-0.2, 0) is 16.8 Å². The van der Waals surface area contributed by atoms with Crippen molar-refractivity contribution in [2.75, 3.05) is 13.1 Å². The van der Waals surface area contributed by atoms with Crippen molar-refractivity contribution >= 4 is 5.91 Å². The quantitative estimate of drug-likeness (QED) is 0.933. The number of likely N-dealkylation sites (tertiary alicyclic amines) is 1. The molecule has 106 valence electrons. The lowest BCUT2D eigenvalue weighted by atomic mass is 9.57. The van der Waals surface area contributed by atoms with Gasteiger partial charge in [-0.2, -0.15) is 0 Å². The zero-order valence-corrected chi connectivity index (χ0v) is 11.8. The Morgan fingerprint density at radius 3 is 2.62 bits per heavy atom. The lowest BCUT2D eigenvalue weighted by Crippen LogP contribution is -2.53. The van der Waals surface area contributed by atoms with E-state index in [2.05, 4.69) is 41.3 Å². The number of hydrogen-bond acceptors (Lipinski definition) is 2. The molecule has 2 aromatic carbocycles. The summed E-state index contributed by atoms with van der Waals surface area (Å²) in [5.74, 6) is 0.0803. The number of rotatable bonds is 3. The van der Waals surface area contributed by atoms with Gasteiger partial charge in [-0.3, -0.25) is 9.69 Å². The van der Waals surface area contributed by atoms with E-state index in [1.807, 2.05) is 18.2 Å². The minimum Gasteiger partial charge on any atom is -0.369 e. The molecule has 0 saturated carbocycles. The summed E-state index contributed by atoms with van der Waals surface area (Å²) in [5.41, 5.74) is 9.03. The lowest BCUT2D eigenvalue weighted by molar-refractivity contribution is -0.124. The summed E-state index contributed by atoms with van der Waals surface area (Å²) in [6.45, 7) is 2.52. The van der Waals surface area contributed by atoms with Crippen LogP contribution in [0, 0.1) is 0 Å². The molecule has 3 heteroatoms. The number of nitrogens with two attached hydrogens (primary N) is 1. The fourth-order valence-corrected chi connectivity index (χ4v) is 4.05. The van der Waals surface area contributed by atoms with E-state index in [4.69, 9.17) is 5.73 Å². The topological polar surface area (TPSA) is 46.3 Å². The highest BCUT2D eigenvalue weighted by Crippen LogP contribution is 2.56. The molecule has 1 aliphatic heterocycles. The maximum atomic E-state index is 12.1. The van der Waals surface area contributed by atoms with Crippen LogP contribution < -0.4 is 5.73 Å². The Bertz CT molecular complexity index is 697. The largest absolute Gasteiger partial charge is 0.369 e. The molecule has 0 unspecified atom stereocenters. The molecule has 0 spiro atoms. The van der Waals surface area contributed by atoms with Crippen LogP contribution in [0.15, 0.2) is 54.6 Å². The Labute approximate surface area is 124 Å². The molecule has 1 heterocycles. The Hall–Kier alpha value is -2.13. The number of hydrogen-bond donors (Lipinski definition) is 1. The van der Waals surface area contributed by atoms with Gasteiger partial charge in [0, 0.05) is 25.6 Å². The Balaban J connectivity index is 1.64. The van der Waals surface area contributed by atoms with Crippen molar-refractivity contribution in [3.63, 3.8) is 0 Å². The molecule has 1 amide bonds. The molecule has 1 fully saturated rings. The van der Waals surface area contributed by atoms with Gasteiger partial charge in [-0.1, -0.05) is 54.6 Å². The second kappa shape index (κ2) is 4.43. The van der Waals surface area contributed by atoms with Crippen molar-refractivity contribution in [1.82, 2.24) is 4.90 Å². The van der Waals surface area contributed by atoms with Crippen LogP contribution in [-0.4, -0.2) is 23.9 Å². The molecule has 1 aliphatic carbocycles. The van der Waals surface area contributed by atoms with Crippen LogP contribution >= 0.6 is 0 Å². The fraction of sp³-hybridized carbons (Fsp3) is 0.278. The van der Waals surface area contributed by atoms with Gasteiger partial charge in [-0.05, 0) is 16.7 Å². The third kappa shape index (κ3) is 1.67. The van der Waals surface area contributed by atoms with Gasteiger partial charge in [0.2, 0.25) is 5.91 Å². The predicted molar refractivity (Wildman–Crippen MR) is 81.8 cm³/mol. The van der Waals surface area contributed by atoms with Gasteiger partial charge in [-0.15, -0.1) is 0 Å². The molecule has 21 heavy (non-hydrogen) atoms. The summed E-state index contributed by atoms with van der Waals surface area (Å²) in [4.78, 5) is 14.5. The van der Waals surface area contributed by atoms with Crippen molar-refractivity contribution < 1.29 is 4.79 Å². The molecule has 3 nitrogen and oxygen atoms in total. The van der Waals surface area contributed by atoms with Crippen LogP contribution in [0.2, 0.25) is 0 Å². The number of fused-ring (bicyclic) bond motifs is 4. The van der Waals surface area contributed by atoms with E-state index in [9.17, 15) is 4.79 Å². The first-order chi connectivity index (χ1) is 10.2. The molecule has 0 bridgehead atoms. The van der Waals surface area contributed by atoms with Gasteiger partial charge >= 0.3 is 0 Å². The van der Waals surface area contributed by atoms with Crippen molar-refractivity contribution in [3.8, 4) is 0 Å². The first kappa shape index (κ1) is 12.6. The van der Waals surface area contributed by atoms with Crippen LogP contribution in [0.25, 0.3) is 0 Å². The van der Waals surface area contributed by atoms with E-state index in [1.165, 1.54) is 11.1 Å². The average molecular weight is 278 g/mol. The number of benzene rings is 2. The summed E-state index contributed by atoms with van der Waals surface area (Å²) < 4.78 is 0. The first-order valence-electron chi connectivity index (χ1n) is 7.37. The predicted octanol–water partition coefficient (Wildman–Crippen LogP) is 2.02. The number of nitrogens with zero attached hydrogens (tertiary/aromatic N) is 1. The van der Waals surface area contributed by atoms with Gasteiger partial charge in [0.1, 0.15) is 0 Å². The zero-order chi connectivity index (χ0) is 14.4. The fourth-order valence-electron chi connectivity index (χ4n) is 4.05. The highest BCUT2D eigenvalue weighted by Gasteiger charge is 2.60. The summed E-state index contributed by atoms with van der Waals surface area (Å²) >= 11 is 0. The van der Waals surface area contributed by atoms with Gasteiger partial charge < -0.3 is 5.73 Å². The molecule has 2 aromatic rings. The van der Waals surface area contributed by atoms with E-state index < -0.39 is 5.41 Å². The third-order valence-electron chi connectivity index (χ3n) is 5.01. The molecule has 2 N–H and O–H groups in total. The molecule has 2 aliphatic rings. The summed E-state index contributed by atoms with van der Waals surface area (Å²) in [6.07, 6.45) is 0. The van der Waals surface area contributed by atoms with E-state index in [0.29, 0.717) is 0 Å². The number of amides is 1. The smallest absolute Gasteiger partial charge is 0.230 e. The summed E-state index contributed by atoms with van der Waals surface area (Å²) in [5, 5.41) is 0. The minimum absolute atomic E-state index is 0.179. The maximum Gasteiger partial charge on any atom is 0.230 e. The highest BCUT2D eigenvalue weighted by atomic mass is 16.1. The highest BCUT2D eigenvalue weighted by molar-refractivity contribution is 5.93. The first-order valence-corrected chi connectivity index (χ1v) is 7.37. The molecule has 0 aromatic heterocycles. The molecular weight excluding hydrogens is 260 g/mol. The van der Waals surface area contributed by atoms with E-state index in [1.54, 1.807) is 0 Å². The SMILES string of the molecule is NC(=O)[C@]12CN(Cc3ccccc3)C[C@H]1c1ccccc12. The lowest BCUT2D eigenvalue weighted by Gasteiger charge is -2.43. The Kier molecular flexibility index (Phi) is 2.66. The second-order valence-electron chi connectivity index (χ2n) is 6.13. The zero-order valence-electron chi connectivity index (χ0n) is 11.8. The van der Waals surface area contributed by atoms with Crippen molar-refractivity contribution in [3.05, 3.63) is 71.3 Å².